The van der Waals surface area contributed by atoms with Crippen LogP contribution in [0.15, 0.2) is 29.9 Å². The first kappa shape index (κ1) is 16.9. The van der Waals surface area contributed by atoms with E-state index in [-0.39, 0.29) is 6.03 Å². The van der Waals surface area contributed by atoms with E-state index in [1.54, 1.807) is 17.5 Å². The Labute approximate surface area is 146 Å². The fourth-order valence-corrected chi connectivity index (χ4v) is 3.44. The van der Waals surface area contributed by atoms with Crippen LogP contribution < -0.4 is 5.32 Å². The van der Waals surface area contributed by atoms with Crippen molar-refractivity contribution in [2.24, 2.45) is 0 Å². The molecule has 0 saturated carbocycles. The van der Waals surface area contributed by atoms with Crippen LogP contribution in [0.3, 0.4) is 0 Å². The Bertz CT molecular complexity index is 652. The molecule has 7 heteroatoms. The molecule has 3 rings (SSSR count). The first-order chi connectivity index (χ1) is 11.7. The zero-order valence-corrected chi connectivity index (χ0v) is 14.8. The lowest BCUT2D eigenvalue weighted by molar-refractivity contribution is 0.135. The number of thiazole rings is 1. The second-order valence-corrected chi connectivity index (χ2v) is 7.03. The molecular weight excluding hydrogens is 322 g/mol. The smallest absolute Gasteiger partial charge is 0.317 e. The second kappa shape index (κ2) is 8.21. The molecule has 1 N–H and O–H groups in total. The fourth-order valence-electron chi connectivity index (χ4n) is 2.79. The van der Waals surface area contributed by atoms with Crippen LogP contribution in [0, 0.1) is 6.92 Å². The van der Waals surface area contributed by atoms with E-state index >= 15 is 0 Å². The molecule has 1 fully saturated rings. The van der Waals surface area contributed by atoms with Crippen molar-refractivity contribution in [1.82, 2.24) is 25.1 Å². The van der Waals surface area contributed by atoms with Crippen LogP contribution >= 0.6 is 11.3 Å². The van der Waals surface area contributed by atoms with Gasteiger partial charge in [0.2, 0.25) is 0 Å². The van der Waals surface area contributed by atoms with Gasteiger partial charge < -0.3 is 10.2 Å². The van der Waals surface area contributed by atoms with Crippen molar-refractivity contribution < 1.29 is 4.79 Å². The number of hydrogen-bond donors (Lipinski definition) is 1. The molecule has 6 nitrogen and oxygen atoms in total. The van der Waals surface area contributed by atoms with Gasteiger partial charge in [-0.15, -0.1) is 11.3 Å². The van der Waals surface area contributed by atoms with Gasteiger partial charge >= 0.3 is 6.03 Å². The number of aryl methyl sites for hydroxylation is 1. The average molecular weight is 345 g/mol. The maximum absolute atomic E-state index is 12.2. The molecule has 1 aliphatic rings. The summed E-state index contributed by atoms with van der Waals surface area (Å²) in [6.07, 6.45) is 4.48. The van der Waals surface area contributed by atoms with Gasteiger partial charge in [-0.3, -0.25) is 9.88 Å². The third kappa shape index (κ3) is 4.75. The van der Waals surface area contributed by atoms with Gasteiger partial charge in [-0.2, -0.15) is 0 Å². The highest BCUT2D eigenvalue weighted by Gasteiger charge is 2.20. The summed E-state index contributed by atoms with van der Waals surface area (Å²) < 4.78 is 0. The Morgan fingerprint density at radius 1 is 1.33 bits per heavy atom. The standard InChI is InChI=1S/C17H23N5OS/c1-14-20-16(13-24-14)4-6-19-17(23)22-9-7-21(8-10-22)12-15-3-2-5-18-11-15/h2-3,5,11,13H,4,6-10,12H2,1H3,(H,19,23). The fraction of sp³-hybridized carbons (Fsp3) is 0.471. The van der Waals surface area contributed by atoms with E-state index in [1.165, 1.54) is 5.56 Å². The van der Waals surface area contributed by atoms with Crippen molar-refractivity contribution >= 4 is 17.4 Å². The van der Waals surface area contributed by atoms with Crippen molar-refractivity contribution in [3.05, 3.63) is 46.2 Å². The number of carbonyl (C=O) groups excluding carboxylic acids is 1. The normalized spacial score (nSPS) is 15.5. The summed E-state index contributed by atoms with van der Waals surface area (Å²) >= 11 is 1.65. The molecule has 128 valence electrons. The van der Waals surface area contributed by atoms with Crippen molar-refractivity contribution in [3.8, 4) is 0 Å². The van der Waals surface area contributed by atoms with E-state index in [1.807, 2.05) is 24.1 Å². The summed E-state index contributed by atoms with van der Waals surface area (Å²) in [5, 5.41) is 6.12. The molecule has 2 amide bonds. The maximum atomic E-state index is 12.2. The van der Waals surface area contributed by atoms with Gasteiger partial charge in [-0.1, -0.05) is 6.07 Å². The maximum Gasteiger partial charge on any atom is 0.317 e. The molecule has 1 saturated heterocycles. The molecule has 1 aliphatic heterocycles. The molecule has 24 heavy (non-hydrogen) atoms. The second-order valence-electron chi connectivity index (χ2n) is 5.96. The number of nitrogens with one attached hydrogen (secondary N) is 1. The molecular formula is C17H23N5OS. The van der Waals surface area contributed by atoms with E-state index in [2.05, 4.69) is 31.6 Å². The Kier molecular flexibility index (Phi) is 5.77. The minimum Gasteiger partial charge on any atom is -0.338 e. The molecule has 0 bridgehead atoms. The zero-order valence-electron chi connectivity index (χ0n) is 13.9. The van der Waals surface area contributed by atoms with Crippen LogP contribution in [0.1, 0.15) is 16.3 Å². The summed E-state index contributed by atoms with van der Waals surface area (Å²) in [5.74, 6) is 0. The van der Waals surface area contributed by atoms with Crippen molar-refractivity contribution in [1.29, 1.82) is 0 Å². The zero-order chi connectivity index (χ0) is 16.8. The van der Waals surface area contributed by atoms with E-state index in [0.717, 1.165) is 49.8 Å². The lowest BCUT2D eigenvalue weighted by atomic mass is 10.2. The van der Waals surface area contributed by atoms with Crippen molar-refractivity contribution in [2.75, 3.05) is 32.7 Å². The predicted molar refractivity (Wildman–Crippen MR) is 95.0 cm³/mol. The number of urea groups is 1. The number of nitrogens with zero attached hydrogens (tertiary/aromatic N) is 4. The number of rotatable bonds is 5. The van der Waals surface area contributed by atoms with Crippen LogP contribution in [0.5, 0.6) is 0 Å². The SMILES string of the molecule is Cc1nc(CCNC(=O)N2CCN(Cc3cccnc3)CC2)cs1. The van der Waals surface area contributed by atoms with Crippen LogP contribution in [0.4, 0.5) is 4.79 Å². The number of hydrogen-bond acceptors (Lipinski definition) is 5. The highest BCUT2D eigenvalue weighted by Crippen LogP contribution is 2.09. The first-order valence-electron chi connectivity index (χ1n) is 8.26. The summed E-state index contributed by atoms with van der Waals surface area (Å²) in [5.41, 5.74) is 2.27. The summed E-state index contributed by atoms with van der Waals surface area (Å²) in [6.45, 7) is 6.85. The van der Waals surface area contributed by atoms with Gasteiger partial charge in [-0.25, -0.2) is 9.78 Å². The minimum absolute atomic E-state index is 0.0305. The number of aromatic nitrogens is 2. The molecule has 0 aliphatic carbocycles. The topological polar surface area (TPSA) is 61.4 Å². The molecule has 0 radical (unpaired) electrons. The lowest BCUT2D eigenvalue weighted by Gasteiger charge is -2.34. The van der Waals surface area contributed by atoms with Gasteiger partial charge in [-0.05, 0) is 18.6 Å². The van der Waals surface area contributed by atoms with Crippen molar-refractivity contribution in [3.63, 3.8) is 0 Å². The largest absolute Gasteiger partial charge is 0.338 e. The minimum atomic E-state index is 0.0305. The average Bonchev–Trinajstić information content (AvgIpc) is 3.02. The Morgan fingerprint density at radius 3 is 2.83 bits per heavy atom. The van der Waals surface area contributed by atoms with Crippen LogP contribution in [0.25, 0.3) is 0 Å². The van der Waals surface area contributed by atoms with Gasteiger partial charge in [0, 0.05) is 63.5 Å². The van der Waals surface area contributed by atoms with Crippen LogP contribution in [-0.4, -0.2) is 58.5 Å². The Morgan fingerprint density at radius 2 is 2.17 bits per heavy atom. The first-order valence-corrected chi connectivity index (χ1v) is 9.14. The third-order valence-electron chi connectivity index (χ3n) is 4.11. The predicted octanol–water partition coefficient (Wildman–Crippen LogP) is 1.92. The third-order valence-corrected chi connectivity index (χ3v) is 4.93. The summed E-state index contributed by atoms with van der Waals surface area (Å²) in [4.78, 5) is 25.0. The summed E-state index contributed by atoms with van der Waals surface area (Å²) in [7, 11) is 0. The van der Waals surface area contributed by atoms with E-state index in [9.17, 15) is 4.79 Å². The molecule has 0 aromatic carbocycles. The number of carbonyl (C=O) groups is 1. The molecule has 0 spiro atoms. The number of amides is 2. The van der Waals surface area contributed by atoms with E-state index in [4.69, 9.17) is 0 Å². The van der Waals surface area contributed by atoms with E-state index < -0.39 is 0 Å². The molecule has 0 atom stereocenters. The highest BCUT2D eigenvalue weighted by atomic mass is 32.1. The molecule has 3 heterocycles. The highest BCUT2D eigenvalue weighted by molar-refractivity contribution is 7.09. The number of piperazine rings is 1. The molecule has 0 unspecified atom stereocenters. The quantitative estimate of drug-likeness (QED) is 0.899. The van der Waals surface area contributed by atoms with E-state index in [0.29, 0.717) is 6.54 Å². The Hall–Kier alpha value is -1.99. The Balaban J connectivity index is 1.37. The van der Waals surface area contributed by atoms with Crippen LogP contribution in [-0.2, 0) is 13.0 Å². The summed E-state index contributed by atoms with van der Waals surface area (Å²) in [6, 6.07) is 4.08. The number of pyridine rings is 1. The van der Waals surface area contributed by atoms with Gasteiger partial charge in [0.1, 0.15) is 0 Å². The van der Waals surface area contributed by atoms with Gasteiger partial charge in [0.05, 0.1) is 10.7 Å². The molecule has 2 aromatic heterocycles. The van der Waals surface area contributed by atoms with Gasteiger partial charge in [0.25, 0.3) is 0 Å². The van der Waals surface area contributed by atoms with Gasteiger partial charge in [0.15, 0.2) is 0 Å². The van der Waals surface area contributed by atoms with Crippen LogP contribution in [0.2, 0.25) is 0 Å². The van der Waals surface area contributed by atoms with Crippen molar-refractivity contribution in [2.45, 2.75) is 19.9 Å². The molecule has 2 aromatic rings. The lowest BCUT2D eigenvalue weighted by Crippen LogP contribution is -2.51. The monoisotopic (exact) mass is 345 g/mol.